The zero-order chi connectivity index (χ0) is 16.9. The average Bonchev–Trinajstić information content (AvgIpc) is 3.24. The Morgan fingerprint density at radius 1 is 1.46 bits per heavy atom. The van der Waals surface area contributed by atoms with Crippen LogP contribution < -0.4 is 10.6 Å². The zero-order valence-corrected chi connectivity index (χ0v) is 13.0. The molecule has 0 bridgehead atoms. The third kappa shape index (κ3) is 3.58. The van der Waals surface area contributed by atoms with Gasteiger partial charge in [-0.05, 0) is 12.1 Å². The third-order valence-electron chi connectivity index (χ3n) is 3.36. The van der Waals surface area contributed by atoms with Crippen molar-refractivity contribution in [3.63, 3.8) is 0 Å². The van der Waals surface area contributed by atoms with Gasteiger partial charge in [0.1, 0.15) is 17.6 Å². The summed E-state index contributed by atoms with van der Waals surface area (Å²) in [7, 11) is 1.79. The molecule has 0 saturated heterocycles. The van der Waals surface area contributed by atoms with Gasteiger partial charge in [0.25, 0.3) is 0 Å². The van der Waals surface area contributed by atoms with Gasteiger partial charge in [-0.1, -0.05) is 17.3 Å². The van der Waals surface area contributed by atoms with E-state index in [2.05, 4.69) is 30.9 Å². The molecule has 1 atom stereocenters. The standard InChI is InChI=1S/C15H17N7O2/c1-22-8-12(20-21-22)10-3-2-4-11(7-10)18-15(24)19-13(9-23)14-16-5-6-17-14/h2-8,13,23H,9H2,1H3,(H,16,17)(H2,18,19,24). The number of nitrogens with zero attached hydrogens (tertiary/aromatic N) is 4. The number of hydrogen-bond donors (Lipinski definition) is 4. The molecule has 4 N–H and O–H groups in total. The molecule has 0 saturated carbocycles. The number of benzene rings is 1. The van der Waals surface area contributed by atoms with Crippen molar-refractivity contribution < 1.29 is 9.90 Å². The van der Waals surface area contributed by atoms with Crippen LogP contribution in [0.25, 0.3) is 11.3 Å². The summed E-state index contributed by atoms with van der Waals surface area (Å²) >= 11 is 0. The number of aromatic nitrogens is 5. The lowest BCUT2D eigenvalue weighted by atomic mass is 10.1. The Morgan fingerprint density at radius 3 is 3.00 bits per heavy atom. The van der Waals surface area contributed by atoms with Crippen LogP contribution in [0, 0.1) is 0 Å². The molecule has 9 heteroatoms. The first-order valence-electron chi connectivity index (χ1n) is 7.30. The topological polar surface area (TPSA) is 121 Å². The quantitative estimate of drug-likeness (QED) is 0.558. The highest BCUT2D eigenvalue weighted by atomic mass is 16.3. The molecule has 24 heavy (non-hydrogen) atoms. The number of carbonyl (C=O) groups excluding carboxylic acids is 1. The van der Waals surface area contributed by atoms with Crippen LogP contribution in [0.4, 0.5) is 10.5 Å². The first kappa shape index (κ1) is 15.7. The zero-order valence-electron chi connectivity index (χ0n) is 13.0. The molecule has 1 unspecified atom stereocenters. The molecule has 9 nitrogen and oxygen atoms in total. The van der Waals surface area contributed by atoms with Crippen molar-refractivity contribution >= 4 is 11.7 Å². The highest BCUT2D eigenvalue weighted by Gasteiger charge is 2.16. The first-order chi connectivity index (χ1) is 11.7. The Morgan fingerprint density at radius 2 is 2.33 bits per heavy atom. The number of anilines is 1. The van der Waals surface area contributed by atoms with Crippen LogP contribution >= 0.6 is 0 Å². The lowest BCUT2D eigenvalue weighted by Gasteiger charge is -2.15. The number of H-pyrrole nitrogens is 1. The van der Waals surface area contributed by atoms with Gasteiger partial charge in [-0.2, -0.15) is 0 Å². The molecule has 0 fully saturated rings. The van der Waals surface area contributed by atoms with Crippen molar-refractivity contribution in [1.82, 2.24) is 30.3 Å². The Bertz CT molecular complexity index is 813. The summed E-state index contributed by atoms with van der Waals surface area (Å²) in [6.45, 7) is -0.263. The monoisotopic (exact) mass is 327 g/mol. The van der Waals surface area contributed by atoms with E-state index in [0.29, 0.717) is 17.2 Å². The van der Waals surface area contributed by atoms with Crippen LogP contribution in [-0.2, 0) is 7.05 Å². The largest absolute Gasteiger partial charge is 0.394 e. The number of rotatable bonds is 5. The van der Waals surface area contributed by atoms with Gasteiger partial charge in [-0.25, -0.2) is 9.78 Å². The van der Waals surface area contributed by atoms with Gasteiger partial charge in [-0.15, -0.1) is 5.10 Å². The minimum Gasteiger partial charge on any atom is -0.394 e. The number of aryl methyl sites for hydroxylation is 1. The van der Waals surface area contributed by atoms with Crippen molar-refractivity contribution in [1.29, 1.82) is 0 Å². The summed E-state index contributed by atoms with van der Waals surface area (Å²) < 4.78 is 1.61. The second-order valence-electron chi connectivity index (χ2n) is 5.17. The summed E-state index contributed by atoms with van der Waals surface area (Å²) in [6, 6.07) is 6.21. The fourth-order valence-electron chi connectivity index (χ4n) is 2.23. The molecule has 0 aliphatic heterocycles. The molecule has 2 heterocycles. The number of aromatic amines is 1. The molecule has 0 aliphatic rings. The molecule has 3 aromatic rings. The number of nitrogens with one attached hydrogen (secondary N) is 3. The van der Waals surface area contributed by atoms with Crippen LogP contribution in [0.5, 0.6) is 0 Å². The maximum absolute atomic E-state index is 12.1. The van der Waals surface area contributed by atoms with Crippen molar-refractivity contribution in [3.8, 4) is 11.3 Å². The first-order valence-corrected chi connectivity index (χ1v) is 7.30. The number of urea groups is 1. The van der Waals surface area contributed by atoms with Crippen LogP contribution in [0.3, 0.4) is 0 Å². The van der Waals surface area contributed by atoms with E-state index in [9.17, 15) is 9.90 Å². The number of aliphatic hydroxyl groups excluding tert-OH is 1. The average molecular weight is 327 g/mol. The predicted octanol–water partition coefficient (Wildman–Crippen LogP) is 1.06. The second-order valence-corrected chi connectivity index (χ2v) is 5.17. The number of imidazole rings is 1. The molecule has 0 radical (unpaired) electrons. The van der Waals surface area contributed by atoms with E-state index in [1.807, 2.05) is 12.1 Å². The fraction of sp³-hybridized carbons (Fsp3) is 0.200. The Balaban J connectivity index is 1.68. The summed E-state index contributed by atoms with van der Waals surface area (Å²) in [5, 5.41) is 22.7. The molecule has 0 spiro atoms. The van der Waals surface area contributed by atoms with Gasteiger partial charge in [-0.3, -0.25) is 4.68 Å². The smallest absolute Gasteiger partial charge is 0.319 e. The van der Waals surface area contributed by atoms with Crippen LogP contribution in [0.1, 0.15) is 11.9 Å². The van der Waals surface area contributed by atoms with Gasteiger partial charge >= 0.3 is 6.03 Å². The van der Waals surface area contributed by atoms with Crippen LogP contribution in [0.15, 0.2) is 42.9 Å². The number of aliphatic hydroxyl groups is 1. The molecular formula is C15H17N7O2. The maximum atomic E-state index is 12.1. The van der Waals surface area contributed by atoms with E-state index in [1.54, 1.807) is 42.5 Å². The van der Waals surface area contributed by atoms with Crippen molar-refractivity contribution in [2.45, 2.75) is 6.04 Å². The van der Waals surface area contributed by atoms with Crippen molar-refractivity contribution in [3.05, 3.63) is 48.7 Å². The van der Waals surface area contributed by atoms with Gasteiger partial charge in [0.05, 0.1) is 12.8 Å². The minimum absolute atomic E-state index is 0.263. The molecule has 2 aromatic heterocycles. The minimum atomic E-state index is -0.608. The summed E-state index contributed by atoms with van der Waals surface area (Å²) in [6.07, 6.45) is 4.97. The predicted molar refractivity (Wildman–Crippen MR) is 87.0 cm³/mol. The molecular weight excluding hydrogens is 310 g/mol. The summed E-state index contributed by atoms with van der Waals surface area (Å²) in [4.78, 5) is 19.0. The van der Waals surface area contributed by atoms with Gasteiger partial charge < -0.3 is 20.7 Å². The van der Waals surface area contributed by atoms with E-state index in [4.69, 9.17) is 0 Å². The summed E-state index contributed by atoms with van der Waals surface area (Å²) in [5.74, 6) is 0.487. The highest BCUT2D eigenvalue weighted by Crippen LogP contribution is 2.20. The fourth-order valence-corrected chi connectivity index (χ4v) is 2.23. The molecule has 3 rings (SSSR count). The lowest BCUT2D eigenvalue weighted by Crippen LogP contribution is -2.35. The second kappa shape index (κ2) is 6.92. The SMILES string of the molecule is Cn1cc(-c2cccc(NC(=O)NC(CO)c3ncc[nH]3)c2)nn1. The van der Waals surface area contributed by atoms with E-state index >= 15 is 0 Å². The number of amides is 2. The molecule has 1 aromatic carbocycles. The Labute approximate surface area is 137 Å². The van der Waals surface area contributed by atoms with E-state index in [1.165, 1.54) is 0 Å². The van der Waals surface area contributed by atoms with E-state index < -0.39 is 12.1 Å². The van der Waals surface area contributed by atoms with Crippen molar-refractivity contribution in [2.75, 3.05) is 11.9 Å². The Hall–Kier alpha value is -3.20. The maximum Gasteiger partial charge on any atom is 0.319 e. The van der Waals surface area contributed by atoms with Gasteiger partial charge in [0, 0.05) is 30.7 Å². The third-order valence-corrected chi connectivity index (χ3v) is 3.36. The number of carbonyl (C=O) groups is 1. The van der Waals surface area contributed by atoms with E-state index in [0.717, 1.165) is 5.56 Å². The Kier molecular flexibility index (Phi) is 4.52. The van der Waals surface area contributed by atoms with Gasteiger partial charge in [0.2, 0.25) is 0 Å². The molecule has 2 amide bonds. The summed E-state index contributed by atoms with van der Waals surface area (Å²) in [5.41, 5.74) is 2.16. The molecule has 124 valence electrons. The van der Waals surface area contributed by atoms with Crippen LogP contribution in [0.2, 0.25) is 0 Å². The highest BCUT2D eigenvalue weighted by molar-refractivity contribution is 5.90. The lowest BCUT2D eigenvalue weighted by molar-refractivity contribution is 0.222. The number of hydrogen-bond acceptors (Lipinski definition) is 5. The van der Waals surface area contributed by atoms with Gasteiger partial charge in [0.15, 0.2) is 0 Å². The van der Waals surface area contributed by atoms with Crippen molar-refractivity contribution in [2.24, 2.45) is 7.05 Å². The molecule has 0 aliphatic carbocycles. The normalized spacial score (nSPS) is 11.9. The van der Waals surface area contributed by atoms with E-state index in [-0.39, 0.29) is 6.61 Å². The van der Waals surface area contributed by atoms with Crippen LogP contribution in [-0.4, -0.2) is 42.7 Å².